The van der Waals surface area contributed by atoms with E-state index in [0.717, 1.165) is 12.3 Å². The molecule has 6 nitrogen and oxygen atoms in total. The summed E-state index contributed by atoms with van der Waals surface area (Å²) in [7, 11) is 1.54. The van der Waals surface area contributed by atoms with Crippen LogP contribution in [0, 0.1) is 0 Å². The number of ether oxygens (including phenoxy) is 1. The predicted octanol–water partition coefficient (Wildman–Crippen LogP) is 3.89. The first-order valence-corrected chi connectivity index (χ1v) is 8.85. The summed E-state index contributed by atoms with van der Waals surface area (Å²) < 4.78 is 5.33. The van der Waals surface area contributed by atoms with E-state index in [-0.39, 0.29) is 5.56 Å². The number of carbonyl (C=O) groups excluding carboxylic acids is 3. The summed E-state index contributed by atoms with van der Waals surface area (Å²) in [5.41, 5.74) is -0.190. The molecule has 1 aromatic heterocycles. The van der Waals surface area contributed by atoms with E-state index in [1.807, 2.05) is 12.1 Å². The van der Waals surface area contributed by atoms with Crippen LogP contribution in [-0.4, -0.2) is 30.4 Å². The van der Waals surface area contributed by atoms with Crippen molar-refractivity contribution in [1.82, 2.24) is 0 Å². The molecule has 1 heterocycles. The standard InChI is InChI=1S/C20H15NO5S/c1-12(22)26-21-18(20(24)17-8-5-11-27-17)19(23)15-9-10-16(25-2)14-7-4-3-6-13(14)15/h3-11H,1-2H3. The van der Waals surface area contributed by atoms with Crippen molar-refractivity contribution in [3.8, 4) is 5.75 Å². The minimum absolute atomic E-state index is 0.266. The van der Waals surface area contributed by atoms with Crippen LogP contribution in [0.25, 0.3) is 10.8 Å². The van der Waals surface area contributed by atoms with E-state index >= 15 is 0 Å². The first-order chi connectivity index (χ1) is 13.0. The van der Waals surface area contributed by atoms with Gasteiger partial charge in [-0.05, 0) is 29.0 Å². The van der Waals surface area contributed by atoms with Gasteiger partial charge < -0.3 is 9.57 Å². The Morgan fingerprint density at radius 2 is 1.67 bits per heavy atom. The molecular weight excluding hydrogens is 366 g/mol. The average Bonchev–Trinajstić information content (AvgIpc) is 3.21. The SMILES string of the molecule is COc1ccc(C(=O)C(=NOC(C)=O)C(=O)c2cccs2)c2ccccc12. The molecule has 0 fully saturated rings. The van der Waals surface area contributed by atoms with Crippen molar-refractivity contribution in [3.05, 3.63) is 64.4 Å². The van der Waals surface area contributed by atoms with Gasteiger partial charge in [0.15, 0.2) is 5.71 Å². The van der Waals surface area contributed by atoms with Gasteiger partial charge in [-0.25, -0.2) is 4.79 Å². The molecule has 0 saturated heterocycles. The second-order valence-corrected chi connectivity index (χ2v) is 6.47. The Morgan fingerprint density at radius 1 is 0.926 bits per heavy atom. The zero-order valence-corrected chi connectivity index (χ0v) is 15.4. The monoisotopic (exact) mass is 381 g/mol. The van der Waals surface area contributed by atoms with Crippen LogP contribution in [0.2, 0.25) is 0 Å². The molecule has 27 heavy (non-hydrogen) atoms. The molecule has 3 rings (SSSR count). The highest BCUT2D eigenvalue weighted by Crippen LogP contribution is 2.29. The minimum atomic E-state index is -0.723. The highest BCUT2D eigenvalue weighted by molar-refractivity contribution is 7.13. The minimum Gasteiger partial charge on any atom is -0.496 e. The number of nitrogens with zero attached hydrogens (tertiary/aromatic N) is 1. The molecule has 0 radical (unpaired) electrons. The first-order valence-electron chi connectivity index (χ1n) is 7.97. The van der Waals surface area contributed by atoms with Crippen LogP contribution >= 0.6 is 11.3 Å². The van der Waals surface area contributed by atoms with Crippen molar-refractivity contribution < 1.29 is 24.0 Å². The van der Waals surface area contributed by atoms with E-state index in [1.54, 1.807) is 41.8 Å². The molecule has 2 aromatic carbocycles. The van der Waals surface area contributed by atoms with Gasteiger partial charge in [0.25, 0.3) is 0 Å². The fourth-order valence-electron chi connectivity index (χ4n) is 2.60. The van der Waals surface area contributed by atoms with Gasteiger partial charge in [-0.1, -0.05) is 35.5 Å². The third kappa shape index (κ3) is 3.78. The molecule has 0 spiro atoms. The van der Waals surface area contributed by atoms with E-state index < -0.39 is 23.2 Å². The van der Waals surface area contributed by atoms with E-state index in [0.29, 0.717) is 16.0 Å². The van der Waals surface area contributed by atoms with Gasteiger partial charge in [0.05, 0.1) is 12.0 Å². The lowest BCUT2D eigenvalue weighted by Crippen LogP contribution is -2.25. The van der Waals surface area contributed by atoms with E-state index in [4.69, 9.17) is 4.74 Å². The van der Waals surface area contributed by atoms with Crippen molar-refractivity contribution in [3.63, 3.8) is 0 Å². The fraction of sp³-hybridized carbons (Fsp3) is 0.100. The molecule has 0 amide bonds. The third-order valence-electron chi connectivity index (χ3n) is 3.79. The molecule has 136 valence electrons. The van der Waals surface area contributed by atoms with Gasteiger partial charge in [-0.15, -0.1) is 11.3 Å². The van der Waals surface area contributed by atoms with Crippen LogP contribution in [0.5, 0.6) is 5.75 Å². The maximum atomic E-state index is 13.1. The molecule has 0 aliphatic rings. The summed E-state index contributed by atoms with van der Waals surface area (Å²) in [6, 6.07) is 13.7. The molecule has 7 heteroatoms. The smallest absolute Gasteiger partial charge is 0.332 e. The molecule has 0 atom stereocenters. The Morgan fingerprint density at radius 3 is 2.30 bits per heavy atom. The molecule has 0 aliphatic carbocycles. The van der Waals surface area contributed by atoms with Crippen molar-refractivity contribution in [2.24, 2.45) is 5.16 Å². The molecule has 0 saturated carbocycles. The topological polar surface area (TPSA) is 82.0 Å². The van der Waals surface area contributed by atoms with E-state index in [2.05, 4.69) is 9.99 Å². The van der Waals surface area contributed by atoms with Crippen molar-refractivity contribution in [2.45, 2.75) is 6.92 Å². The lowest BCUT2D eigenvalue weighted by atomic mass is 9.96. The lowest BCUT2D eigenvalue weighted by Gasteiger charge is -2.10. The predicted molar refractivity (Wildman–Crippen MR) is 103 cm³/mol. The number of rotatable bonds is 6. The number of thiophene rings is 1. The van der Waals surface area contributed by atoms with Crippen molar-refractivity contribution in [2.75, 3.05) is 7.11 Å². The molecule has 0 N–H and O–H groups in total. The number of hydrogen-bond donors (Lipinski definition) is 0. The number of methoxy groups -OCH3 is 1. The maximum Gasteiger partial charge on any atom is 0.332 e. The fourth-order valence-corrected chi connectivity index (χ4v) is 3.26. The van der Waals surface area contributed by atoms with Crippen LogP contribution in [0.15, 0.2) is 59.1 Å². The Balaban J connectivity index is 2.12. The molecule has 3 aromatic rings. The number of ketones is 2. The largest absolute Gasteiger partial charge is 0.496 e. The highest BCUT2D eigenvalue weighted by atomic mass is 32.1. The molecule has 0 bridgehead atoms. The van der Waals surface area contributed by atoms with E-state index in [1.165, 1.54) is 18.4 Å². The van der Waals surface area contributed by atoms with Crippen molar-refractivity contribution in [1.29, 1.82) is 0 Å². The van der Waals surface area contributed by atoms with Gasteiger partial charge in [0, 0.05) is 17.9 Å². The number of benzene rings is 2. The van der Waals surface area contributed by atoms with E-state index in [9.17, 15) is 14.4 Å². The quantitative estimate of drug-likeness (QED) is 0.213. The Bertz CT molecular complexity index is 1050. The van der Waals surface area contributed by atoms with Crippen LogP contribution in [0.1, 0.15) is 27.0 Å². The maximum absolute atomic E-state index is 13.1. The van der Waals surface area contributed by atoms with Crippen molar-refractivity contribution >= 4 is 45.4 Å². The first kappa shape index (κ1) is 18.5. The summed E-state index contributed by atoms with van der Waals surface area (Å²) in [5.74, 6) is -1.35. The third-order valence-corrected chi connectivity index (χ3v) is 4.66. The number of oxime groups is 1. The summed E-state index contributed by atoms with van der Waals surface area (Å²) >= 11 is 1.17. The van der Waals surface area contributed by atoms with Crippen LogP contribution in [0.4, 0.5) is 0 Å². The van der Waals surface area contributed by atoms with Gasteiger partial charge in [0.2, 0.25) is 11.6 Å². The highest BCUT2D eigenvalue weighted by Gasteiger charge is 2.27. The summed E-state index contributed by atoms with van der Waals surface area (Å²) in [5, 5.41) is 6.59. The zero-order valence-electron chi connectivity index (χ0n) is 14.6. The van der Waals surface area contributed by atoms with Gasteiger partial charge >= 0.3 is 5.97 Å². The number of carbonyl (C=O) groups is 3. The zero-order chi connectivity index (χ0) is 19.4. The summed E-state index contributed by atoms with van der Waals surface area (Å²) in [6.45, 7) is 1.14. The summed E-state index contributed by atoms with van der Waals surface area (Å²) in [4.78, 5) is 41.9. The second-order valence-electron chi connectivity index (χ2n) is 5.52. The second kappa shape index (κ2) is 7.92. The molecular formula is C20H15NO5S. The lowest BCUT2D eigenvalue weighted by molar-refractivity contribution is -0.140. The van der Waals surface area contributed by atoms with Gasteiger partial charge in [0.1, 0.15) is 5.75 Å². The van der Waals surface area contributed by atoms with Crippen LogP contribution < -0.4 is 4.74 Å². The number of hydrogen-bond acceptors (Lipinski definition) is 7. The average molecular weight is 381 g/mol. The van der Waals surface area contributed by atoms with Gasteiger partial charge in [-0.2, -0.15) is 0 Å². The van der Waals surface area contributed by atoms with Crippen LogP contribution in [-0.2, 0) is 9.63 Å². The Labute approximate surface area is 159 Å². The Hall–Kier alpha value is -3.32. The number of fused-ring (bicyclic) bond motifs is 1. The van der Waals surface area contributed by atoms with Crippen LogP contribution in [0.3, 0.4) is 0 Å². The normalized spacial score (nSPS) is 11.3. The molecule has 0 aliphatic heterocycles. The van der Waals surface area contributed by atoms with Gasteiger partial charge in [-0.3, -0.25) is 9.59 Å². The Kier molecular flexibility index (Phi) is 5.42. The molecule has 0 unspecified atom stereocenters. The number of Topliss-reactive ketones (excluding diaryl/α,β-unsaturated/α-hetero) is 2. The summed E-state index contributed by atoms with van der Waals surface area (Å²) in [6.07, 6.45) is 0.